The SMILES string of the molecule is OCc1c(Cl)ncnc1N1CCN(CC2CC2)CC1. The van der Waals surface area contributed by atoms with Crippen LogP contribution in [0.3, 0.4) is 0 Å². The Morgan fingerprint density at radius 2 is 1.95 bits per heavy atom. The van der Waals surface area contributed by atoms with Gasteiger partial charge in [0.2, 0.25) is 0 Å². The fourth-order valence-electron chi connectivity index (χ4n) is 2.60. The van der Waals surface area contributed by atoms with E-state index in [1.807, 2.05) is 0 Å². The molecule has 1 aliphatic heterocycles. The van der Waals surface area contributed by atoms with Gasteiger partial charge in [-0.05, 0) is 18.8 Å². The first-order valence-corrected chi connectivity index (χ1v) is 7.23. The molecule has 2 heterocycles. The van der Waals surface area contributed by atoms with Crippen LogP contribution in [0, 0.1) is 5.92 Å². The van der Waals surface area contributed by atoms with Crippen LogP contribution in [-0.2, 0) is 6.61 Å². The number of aliphatic hydroxyl groups excluding tert-OH is 1. The quantitative estimate of drug-likeness (QED) is 0.840. The van der Waals surface area contributed by atoms with Crippen molar-refractivity contribution < 1.29 is 5.11 Å². The fourth-order valence-corrected chi connectivity index (χ4v) is 2.79. The van der Waals surface area contributed by atoms with Crippen LogP contribution in [0.4, 0.5) is 5.82 Å². The van der Waals surface area contributed by atoms with Crippen molar-refractivity contribution in [3.05, 3.63) is 17.0 Å². The Bertz CT molecular complexity index is 444. The highest BCUT2D eigenvalue weighted by Crippen LogP contribution is 2.30. The Labute approximate surface area is 118 Å². The standard InChI is InChI=1S/C13H19ClN4O/c14-12-11(8-19)13(16-9-15-12)18-5-3-17(4-6-18)7-10-1-2-10/h9-10,19H,1-8H2. The van der Waals surface area contributed by atoms with Crippen LogP contribution in [0.2, 0.25) is 5.15 Å². The lowest BCUT2D eigenvalue weighted by molar-refractivity contribution is 0.246. The first-order valence-electron chi connectivity index (χ1n) is 6.85. The number of halogens is 1. The maximum atomic E-state index is 9.41. The molecule has 1 saturated carbocycles. The second-order valence-corrected chi connectivity index (χ2v) is 5.71. The summed E-state index contributed by atoms with van der Waals surface area (Å²) in [6, 6.07) is 0. The molecule has 0 unspecified atom stereocenters. The van der Waals surface area contributed by atoms with Gasteiger partial charge in [-0.3, -0.25) is 4.90 Å². The number of aliphatic hydroxyl groups is 1. The van der Waals surface area contributed by atoms with Crippen LogP contribution in [0.15, 0.2) is 6.33 Å². The number of nitrogens with zero attached hydrogens (tertiary/aromatic N) is 4. The largest absolute Gasteiger partial charge is 0.391 e. The van der Waals surface area contributed by atoms with Crippen molar-refractivity contribution >= 4 is 17.4 Å². The summed E-state index contributed by atoms with van der Waals surface area (Å²) in [5, 5.41) is 9.76. The molecule has 0 amide bonds. The molecule has 0 bridgehead atoms. The summed E-state index contributed by atoms with van der Waals surface area (Å²) in [6.07, 6.45) is 4.26. The minimum Gasteiger partial charge on any atom is -0.391 e. The van der Waals surface area contributed by atoms with E-state index in [0.29, 0.717) is 10.7 Å². The van der Waals surface area contributed by atoms with Gasteiger partial charge in [0.05, 0.1) is 12.2 Å². The molecule has 1 N–H and O–H groups in total. The molecule has 0 spiro atoms. The summed E-state index contributed by atoms with van der Waals surface area (Å²) in [5.74, 6) is 1.72. The van der Waals surface area contributed by atoms with Crippen molar-refractivity contribution in [2.24, 2.45) is 5.92 Å². The van der Waals surface area contributed by atoms with Crippen LogP contribution in [0.25, 0.3) is 0 Å². The molecule has 19 heavy (non-hydrogen) atoms. The second-order valence-electron chi connectivity index (χ2n) is 5.36. The smallest absolute Gasteiger partial charge is 0.140 e. The summed E-state index contributed by atoms with van der Waals surface area (Å²) in [4.78, 5) is 12.9. The van der Waals surface area contributed by atoms with Crippen LogP contribution in [0.5, 0.6) is 0 Å². The van der Waals surface area contributed by atoms with Gasteiger partial charge >= 0.3 is 0 Å². The van der Waals surface area contributed by atoms with E-state index in [1.165, 1.54) is 25.7 Å². The summed E-state index contributed by atoms with van der Waals surface area (Å²) < 4.78 is 0. The molecule has 0 aromatic carbocycles. The molecule has 6 heteroatoms. The fraction of sp³-hybridized carbons (Fsp3) is 0.692. The molecule has 0 atom stereocenters. The first-order chi connectivity index (χ1) is 9.28. The third-order valence-corrected chi connectivity index (χ3v) is 4.24. The third kappa shape index (κ3) is 2.99. The predicted octanol–water partition coefficient (Wildman–Crippen LogP) is 1.15. The first kappa shape index (κ1) is 13.1. The average Bonchev–Trinajstić information content (AvgIpc) is 3.23. The molecule has 1 saturated heterocycles. The average molecular weight is 283 g/mol. The van der Waals surface area contributed by atoms with E-state index in [4.69, 9.17) is 11.6 Å². The lowest BCUT2D eigenvalue weighted by Crippen LogP contribution is -2.47. The van der Waals surface area contributed by atoms with Gasteiger partial charge in [-0.2, -0.15) is 0 Å². The van der Waals surface area contributed by atoms with Crippen molar-refractivity contribution in [2.45, 2.75) is 19.4 Å². The lowest BCUT2D eigenvalue weighted by atomic mass is 10.2. The van der Waals surface area contributed by atoms with Crippen molar-refractivity contribution in [1.82, 2.24) is 14.9 Å². The zero-order valence-electron chi connectivity index (χ0n) is 10.9. The molecule has 1 aromatic heterocycles. The molecule has 104 valence electrons. The monoisotopic (exact) mass is 282 g/mol. The van der Waals surface area contributed by atoms with Gasteiger partial charge in [0.1, 0.15) is 17.3 Å². The molecule has 2 aliphatic rings. The number of rotatable bonds is 4. The molecule has 2 fully saturated rings. The minimum atomic E-state index is -0.114. The van der Waals surface area contributed by atoms with Crippen molar-refractivity contribution in [3.8, 4) is 0 Å². The Hall–Kier alpha value is -0.910. The second kappa shape index (κ2) is 5.61. The van der Waals surface area contributed by atoms with Crippen LogP contribution in [0.1, 0.15) is 18.4 Å². The zero-order chi connectivity index (χ0) is 13.2. The van der Waals surface area contributed by atoms with E-state index in [-0.39, 0.29) is 6.61 Å². The predicted molar refractivity (Wildman–Crippen MR) is 74.3 cm³/mol. The molecule has 3 rings (SSSR count). The summed E-state index contributed by atoms with van der Waals surface area (Å²) in [5.41, 5.74) is 0.639. The Morgan fingerprint density at radius 3 is 2.58 bits per heavy atom. The van der Waals surface area contributed by atoms with Gasteiger partial charge in [-0.15, -0.1) is 0 Å². The van der Waals surface area contributed by atoms with E-state index in [1.54, 1.807) is 0 Å². The number of hydrogen-bond acceptors (Lipinski definition) is 5. The molecule has 5 nitrogen and oxygen atoms in total. The summed E-state index contributed by atoms with van der Waals surface area (Å²) in [7, 11) is 0. The maximum absolute atomic E-state index is 9.41. The Morgan fingerprint density at radius 1 is 1.21 bits per heavy atom. The number of hydrogen-bond donors (Lipinski definition) is 1. The van der Waals surface area contributed by atoms with Crippen molar-refractivity contribution in [1.29, 1.82) is 0 Å². The highest BCUT2D eigenvalue weighted by molar-refractivity contribution is 6.30. The molecular weight excluding hydrogens is 264 g/mol. The number of aromatic nitrogens is 2. The van der Waals surface area contributed by atoms with Gasteiger partial charge in [0.15, 0.2) is 0 Å². The van der Waals surface area contributed by atoms with Gasteiger partial charge in [0, 0.05) is 32.7 Å². The molecule has 0 radical (unpaired) electrons. The highest BCUT2D eigenvalue weighted by atomic mass is 35.5. The zero-order valence-corrected chi connectivity index (χ0v) is 11.7. The van der Waals surface area contributed by atoms with Crippen LogP contribution in [-0.4, -0.2) is 52.7 Å². The Kier molecular flexibility index (Phi) is 3.86. The Balaban J connectivity index is 1.65. The van der Waals surface area contributed by atoms with Gasteiger partial charge < -0.3 is 10.0 Å². The van der Waals surface area contributed by atoms with Crippen LogP contribution >= 0.6 is 11.6 Å². The topological polar surface area (TPSA) is 52.5 Å². The van der Waals surface area contributed by atoms with Gasteiger partial charge in [0.25, 0.3) is 0 Å². The van der Waals surface area contributed by atoms with Gasteiger partial charge in [-0.25, -0.2) is 9.97 Å². The van der Waals surface area contributed by atoms with E-state index in [0.717, 1.165) is 37.9 Å². The van der Waals surface area contributed by atoms with Gasteiger partial charge in [-0.1, -0.05) is 11.6 Å². The molecule has 1 aliphatic carbocycles. The van der Waals surface area contributed by atoms with E-state index in [9.17, 15) is 5.11 Å². The third-order valence-electron chi connectivity index (χ3n) is 3.91. The highest BCUT2D eigenvalue weighted by Gasteiger charge is 2.27. The van der Waals surface area contributed by atoms with Crippen molar-refractivity contribution in [2.75, 3.05) is 37.6 Å². The van der Waals surface area contributed by atoms with Crippen LogP contribution < -0.4 is 4.90 Å². The van der Waals surface area contributed by atoms with E-state index < -0.39 is 0 Å². The lowest BCUT2D eigenvalue weighted by Gasteiger charge is -2.36. The van der Waals surface area contributed by atoms with Crippen molar-refractivity contribution in [3.63, 3.8) is 0 Å². The molecule has 1 aromatic rings. The maximum Gasteiger partial charge on any atom is 0.140 e. The molecular formula is C13H19ClN4O. The summed E-state index contributed by atoms with van der Waals surface area (Å²) >= 11 is 6.01. The summed E-state index contributed by atoms with van der Waals surface area (Å²) in [6.45, 7) is 5.12. The normalized spacial score (nSPS) is 20.8. The minimum absolute atomic E-state index is 0.114. The number of piperazine rings is 1. The van der Waals surface area contributed by atoms with E-state index in [2.05, 4.69) is 19.8 Å². The van der Waals surface area contributed by atoms with E-state index >= 15 is 0 Å². The number of anilines is 1.